The Labute approximate surface area is 233 Å². The molecule has 0 spiro atoms. The summed E-state index contributed by atoms with van der Waals surface area (Å²) in [6.07, 6.45) is -1.97. The van der Waals surface area contributed by atoms with Crippen LogP contribution in [0.2, 0.25) is 0 Å². The lowest BCUT2D eigenvalue weighted by molar-refractivity contribution is -0.194. The van der Waals surface area contributed by atoms with E-state index >= 15 is 0 Å². The molecular weight excluding hydrogens is 543 g/mol. The molecule has 3 saturated carbocycles. The van der Waals surface area contributed by atoms with Crippen molar-refractivity contribution in [3.63, 3.8) is 0 Å². The fourth-order valence-electron chi connectivity index (χ4n) is 6.62. The second-order valence-corrected chi connectivity index (χ2v) is 14.6. The number of halogens is 3. The van der Waals surface area contributed by atoms with Crippen molar-refractivity contribution in [2.24, 2.45) is 23.2 Å². The summed E-state index contributed by atoms with van der Waals surface area (Å²) in [6, 6.07) is 7.27. The first-order valence-corrected chi connectivity index (χ1v) is 15.7. The number of piperidine rings is 1. The first-order valence-electron chi connectivity index (χ1n) is 14.2. The van der Waals surface area contributed by atoms with Gasteiger partial charge in [-0.1, -0.05) is 12.1 Å². The van der Waals surface area contributed by atoms with E-state index in [1.165, 1.54) is 0 Å². The molecule has 4 aliphatic rings. The van der Waals surface area contributed by atoms with Crippen LogP contribution in [0.1, 0.15) is 68.9 Å². The highest BCUT2D eigenvalue weighted by Crippen LogP contribution is 2.60. The van der Waals surface area contributed by atoms with Crippen LogP contribution < -0.4 is 10.6 Å². The van der Waals surface area contributed by atoms with Crippen molar-refractivity contribution in [2.75, 3.05) is 13.1 Å². The molecule has 2 unspecified atom stereocenters. The molecule has 4 fully saturated rings. The average molecular weight is 580 g/mol. The van der Waals surface area contributed by atoms with Crippen LogP contribution in [-0.2, 0) is 25.8 Å². The average Bonchev–Trinajstić information content (AvgIpc) is 3.84. The normalized spacial score (nSPS) is 27.8. The number of aryl methyl sites for hydroxylation is 1. The summed E-state index contributed by atoms with van der Waals surface area (Å²) in [5.74, 6) is -3.24. The Bertz CT molecular complexity index is 1320. The smallest absolute Gasteiger partial charge is 0.338 e. The van der Waals surface area contributed by atoms with Gasteiger partial charge in [0.25, 0.3) is 0 Å². The maximum atomic E-state index is 13.9. The van der Waals surface area contributed by atoms with Crippen LogP contribution in [0, 0.1) is 41.4 Å². The third-order valence-corrected chi connectivity index (χ3v) is 11.8. The van der Waals surface area contributed by atoms with E-state index in [-0.39, 0.29) is 37.0 Å². The van der Waals surface area contributed by atoms with E-state index in [0.717, 1.165) is 37.9 Å². The Kier molecular flexibility index (Phi) is 7.58. The lowest BCUT2D eigenvalue weighted by Gasteiger charge is -2.35. The first-order chi connectivity index (χ1) is 18.8. The third-order valence-electron chi connectivity index (χ3n) is 9.46. The molecule has 1 heterocycles. The molecule has 0 bridgehead atoms. The molecule has 0 radical (unpaired) electrons. The standard InChI is InChI=1S/C29H36F3N3O4S/c1-18-12-20(13-19-4-10-34-11-5-19)2-3-24(18)40(38,39)23-15-21(25(36)28(8-9-28)29(30,31)32)14-22(16-23)26(37)35-27(17-33)6-7-27/h2-3,12,19,21-23,34H,4-11,13-16H2,1H3,(H,35,37)/t21?,22?,23-/m0/s1. The molecule has 3 atom stereocenters. The van der Waals surface area contributed by atoms with Gasteiger partial charge in [-0.3, -0.25) is 9.59 Å². The van der Waals surface area contributed by atoms with Crippen molar-refractivity contribution in [3.8, 4) is 6.07 Å². The van der Waals surface area contributed by atoms with E-state index in [0.29, 0.717) is 24.3 Å². The number of rotatable bonds is 8. The number of nitrogens with zero attached hydrogens (tertiary/aromatic N) is 1. The Hall–Kier alpha value is -2.45. The molecule has 2 N–H and O–H groups in total. The number of hydrogen-bond acceptors (Lipinski definition) is 6. The molecular formula is C29H36F3N3O4S. The summed E-state index contributed by atoms with van der Waals surface area (Å²) in [6.45, 7) is 3.62. The molecule has 7 nitrogen and oxygen atoms in total. The Morgan fingerprint density at radius 1 is 1.07 bits per heavy atom. The van der Waals surface area contributed by atoms with Gasteiger partial charge in [0, 0.05) is 11.8 Å². The monoisotopic (exact) mass is 579 g/mol. The Morgan fingerprint density at radius 2 is 1.73 bits per heavy atom. The van der Waals surface area contributed by atoms with Crippen LogP contribution in [0.25, 0.3) is 0 Å². The summed E-state index contributed by atoms with van der Waals surface area (Å²) in [5.41, 5.74) is -1.87. The number of carbonyl (C=O) groups excluding carboxylic acids is 2. The molecule has 11 heteroatoms. The summed E-state index contributed by atoms with van der Waals surface area (Å²) in [5, 5.41) is 14.2. The lowest BCUT2D eigenvalue weighted by Crippen LogP contribution is -2.47. The van der Waals surface area contributed by atoms with Crippen LogP contribution in [0.4, 0.5) is 13.2 Å². The predicted octanol–water partition coefficient (Wildman–Crippen LogP) is 4.18. The Balaban J connectivity index is 1.40. The highest BCUT2D eigenvalue weighted by Gasteiger charge is 2.69. The van der Waals surface area contributed by atoms with Crippen LogP contribution >= 0.6 is 0 Å². The molecule has 3 aliphatic carbocycles. The van der Waals surface area contributed by atoms with E-state index in [4.69, 9.17) is 0 Å². The van der Waals surface area contributed by atoms with E-state index in [9.17, 15) is 36.4 Å². The number of nitriles is 1. The molecule has 1 aliphatic heterocycles. The van der Waals surface area contributed by atoms with Crippen LogP contribution in [0.5, 0.6) is 0 Å². The minimum Gasteiger partial charge on any atom is -0.338 e. The first kappa shape index (κ1) is 29.1. The van der Waals surface area contributed by atoms with Gasteiger partial charge in [-0.15, -0.1) is 0 Å². The fourth-order valence-corrected chi connectivity index (χ4v) is 8.71. The zero-order valence-corrected chi connectivity index (χ0v) is 23.5. The van der Waals surface area contributed by atoms with Crippen molar-refractivity contribution in [1.29, 1.82) is 5.26 Å². The van der Waals surface area contributed by atoms with Crippen LogP contribution in [-0.4, -0.2) is 50.2 Å². The van der Waals surface area contributed by atoms with Gasteiger partial charge >= 0.3 is 6.18 Å². The molecule has 40 heavy (non-hydrogen) atoms. The van der Waals surface area contributed by atoms with Crippen LogP contribution in [0.15, 0.2) is 23.1 Å². The zero-order chi connectivity index (χ0) is 28.9. The number of carbonyl (C=O) groups is 2. The molecule has 5 rings (SSSR count). The number of Topliss-reactive ketones (excluding diaryl/α,β-unsaturated/α-hetero) is 1. The van der Waals surface area contributed by atoms with Crippen molar-refractivity contribution >= 4 is 21.5 Å². The number of benzene rings is 1. The number of ketones is 1. The van der Waals surface area contributed by atoms with Gasteiger partial charge in [-0.2, -0.15) is 18.4 Å². The summed E-state index contributed by atoms with van der Waals surface area (Å²) in [4.78, 5) is 26.5. The summed E-state index contributed by atoms with van der Waals surface area (Å²) in [7, 11) is -4.06. The van der Waals surface area contributed by atoms with Crippen molar-refractivity contribution in [1.82, 2.24) is 10.6 Å². The van der Waals surface area contributed by atoms with E-state index in [1.807, 2.05) is 6.07 Å². The number of hydrogen-bond donors (Lipinski definition) is 2. The number of amides is 1. The Morgan fingerprint density at radius 3 is 2.27 bits per heavy atom. The van der Waals surface area contributed by atoms with Gasteiger partial charge < -0.3 is 10.6 Å². The van der Waals surface area contributed by atoms with Gasteiger partial charge in [0.1, 0.15) is 11.0 Å². The van der Waals surface area contributed by atoms with Crippen molar-refractivity contribution in [3.05, 3.63) is 29.3 Å². The topological polar surface area (TPSA) is 116 Å². The highest BCUT2D eigenvalue weighted by atomic mass is 32.2. The maximum absolute atomic E-state index is 13.9. The zero-order valence-electron chi connectivity index (χ0n) is 22.6. The third kappa shape index (κ3) is 5.54. The van der Waals surface area contributed by atoms with E-state index in [2.05, 4.69) is 16.7 Å². The van der Waals surface area contributed by atoms with Gasteiger partial charge in [0.05, 0.1) is 16.2 Å². The van der Waals surface area contributed by atoms with E-state index in [1.54, 1.807) is 19.1 Å². The van der Waals surface area contributed by atoms with Crippen molar-refractivity contribution in [2.45, 2.75) is 93.0 Å². The quantitative estimate of drug-likeness (QED) is 0.478. The maximum Gasteiger partial charge on any atom is 0.401 e. The molecule has 1 saturated heterocycles. The van der Waals surface area contributed by atoms with Gasteiger partial charge in [-0.05, 0) is 107 Å². The highest BCUT2D eigenvalue weighted by molar-refractivity contribution is 7.92. The van der Waals surface area contributed by atoms with Gasteiger partial charge in [0.2, 0.25) is 5.91 Å². The number of alkyl halides is 3. The lowest BCUT2D eigenvalue weighted by atomic mass is 9.74. The minimum atomic E-state index is -4.71. The second kappa shape index (κ2) is 10.4. The molecule has 0 aromatic heterocycles. The largest absolute Gasteiger partial charge is 0.401 e. The SMILES string of the molecule is Cc1cc(CC2CCNCC2)ccc1S(=O)(=O)[C@@H]1CC(C(=O)NC2(C#N)CC2)CC(C(=O)C2(C(F)(F)F)CC2)C1. The minimum absolute atomic E-state index is 0.0893. The molecule has 1 aromatic rings. The van der Waals surface area contributed by atoms with Crippen molar-refractivity contribution < 1.29 is 31.2 Å². The number of sulfone groups is 1. The molecule has 1 aromatic carbocycles. The van der Waals surface area contributed by atoms with Gasteiger partial charge in [-0.25, -0.2) is 8.42 Å². The molecule has 218 valence electrons. The van der Waals surface area contributed by atoms with E-state index < -0.39 is 55.7 Å². The van der Waals surface area contributed by atoms with Crippen LogP contribution in [0.3, 0.4) is 0 Å². The number of nitrogens with one attached hydrogen (secondary N) is 2. The summed E-state index contributed by atoms with van der Waals surface area (Å²) >= 11 is 0. The molecule has 1 amide bonds. The second-order valence-electron chi connectivity index (χ2n) is 12.4. The predicted molar refractivity (Wildman–Crippen MR) is 141 cm³/mol. The van der Waals surface area contributed by atoms with Gasteiger partial charge in [0.15, 0.2) is 15.6 Å². The fraction of sp³-hybridized carbons (Fsp3) is 0.690. The summed E-state index contributed by atoms with van der Waals surface area (Å²) < 4.78 is 69.4.